The summed E-state index contributed by atoms with van der Waals surface area (Å²) in [5.74, 6) is -0.0153. The summed E-state index contributed by atoms with van der Waals surface area (Å²) in [5.41, 5.74) is 1.00. The number of esters is 1. The van der Waals surface area contributed by atoms with E-state index in [0.29, 0.717) is 18.8 Å². The first-order valence-corrected chi connectivity index (χ1v) is 10.2. The van der Waals surface area contributed by atoms with Crippen molar-refractivity contribution in [1.29, 1.82) is 0 Å². The quantitative estimate of drug-likeness (QED) is 0.747. The van der Waals surface area contributed by atoms with E-state index in [0.717, 1.165) is 36.2 Å². The molecule has 26 heavy (non-hydrogen) atoms. The van der Waals surface area contributed by atoms with Crippen LogP contribution in [-0.2, 0) is 20.7 Å². The van der Waals surface area contributed by atoms with Gasteiger partial charge in [0.25, 0.3) is 5.91 Å². The molecular formula is C20H26N2O3S. The number of ether oxygens (including phenoxy) is 1. The molecule has 140 valence electrons. The average molecular weight is 375 g/mol. The SMILES string of the molecule is C[C@H]1CCCC[C@@H]1NC(=O)COC(=O)CCCc1nc2ccccc2s1. The minimum Gasteiger partial charge on any atom is -0.456 e. The maximum Gasteiger partial charge on any atom is 0.306 e. The number of fused-ring (bicyclic) bond motifs is 1. The number of para-hydroxylation sites is 1. The fraction of sp³-hybridized carbons (Fsp3) is 0.550. The van der Waals surface area contributed by atoms with Gasteiger partial charge in [0.2, 0.25) is 0 Å². The number of hydrogen-bond donors (Lipinski definition) is 1. The molecule has 0 radical (unpaired) electrons. The second-order valence-corrected chi connectivity index (χ2v) is 8.14. The summed E-state index contributed by atoms with van der Waals surface area (Å²) >= 11 is 1.66. The molecule has 0 saturated heterocycles. The molecule has 1 aliphatic carbocycles. The Hall–Kier alpha value is -1.95. The van der Waals surface area contributed by atoms with Crippen LogP contribution in [0.2, 0.25) is 0 Å². The maximum atomic E-state index is 12.0. The average Bonchev–Trinajstić information content (AvgIpc) is 3.05. The molecule has 2 atom stereocenters. The number of aromatic nitrogens is 1. The minimum absolute atomic E-state index is 0.177. The standard InChI is InChI=1S/C20H26N2O3S/c1-14-7-2-3-8-15(14)21-18(23)13-25-20(24)12-6-11-19-22-16-9-4-5-10-17(16)26-19/h4-5,9-10,14-15H,2-3,6-8,11-13H2,1H3,(H,21,23)/t14-,15-/m0/s1. The molecule has 2 aromatic rings. The molecule has 0 unspecified atom stereocenters. The fourth-order valence-corrected chi connectivity index (χ4v) is 4.42. The van der Waals surface area contributed by atoms with Gasteiger partial charge in [-0.2, -0.15) is 0 Å². The van der Waals surface area contributed by atoms with E-state index in [1.165, 1.54) is 11.1 Å². The van der Waals surface area contributed by atoms with E-state index >= 15 is 0 Å². The van der Waals surface area contributed by atoms with Crippen LogP contribution in [0.3, 0.4) is 0 Å². The van der Waals surface area contributed by atoms with Crippen LogP contribution in [-0.4, -0.2) is 29.5 Å². The van der Waals surface area contributed by atoms with E-state index in [4.69, 9.17) is 4.74 Å². The Morgan fingerprint density at radius 2 is 2.08 bits per heavy atom. The number of rotatable bonds is 7. The zero-order valence-corrected chi connectivity index (χ0v) is 16.0. The van der Waals surface area contributed by atoms with E-state index in [-0.39, 0.29) is 24.5 Å². The zero-order valence-electron chi connectivity index (χ0n) is 15.2. The Kier molecular flexibility index (Phi) is 6.61. The predicted octanol–water partition coefficient (Wildman–Crippen LogP) is 3.86. The summed E-state index contributed by atoms with van der Waals surface area (Å²) in [6.07, 6.45) is 6.29. The summed E-state index contributed by atoms with van der Waals surface area (Å²) in [6, 6.07) is 8.24. The molecule has 5 nitrogen and oxygen atoms in total. The molecule has 1 heterocycles. The van der Waals surface area contributed by atoms with Crippen molar-refractivity contribution < 1.29 is 14.3 Å². The second-order valence-electron chi connectivity index (χ2n) is 7.03. The lowest BCUT2D eigenvalue weighted by molar-refractivity contribution is -0.149. The van der Waals surface area contributed by atoms with Crippen molar-refractivity contribution in [3.63, 3.8) is 0 Å². The van der Waals surface area contributed by atoms with E-state index in [2.05, 4.69) is 23.3 Å². The Morgan fingerprint density at radius 1 is 1.27 bits per heavy atom. The first kappa shape index (κ1) is 18.8. The maximum absolute atomic E-state index is 12.0. The fourth-order valence-electron chi connectivity index (χ4n) is 3.41. The molecule has 1 saturated carbocycles. The van der Waals surface area contributed by atoms with Crippen LogP contribution in [0.5, 0.6) is 0 Å². The lowest BCUT2D eigenvalue weighted by Crippen LogP contribution is -2.42. The Morgan fingerprint density at radius 3 is 2.88 bits per heavy atom. The first-order chi connectivity index (χ1) is 12.6. The van der Waals surface area contributed by atoms with E-state index in [1.54, 1.807) is 11.3 Å². The topological polar surface area (TPSA) is 68.3 Å². The molecule has 1 amide bonds. The monoisotopic (exact) mass is 374 g/mol. The van der Waals surface area contributed by atoms with E-state index in [1.807, 2.05) is 18.2 Å². The number of benzene rings is 1. The van der Waals surface area contributed by atoms with Gasteiger partial charge in [-0.05, 0) is 43.7 Å². The van der Waals surface area contributed by atoms with Gasteiger partial charge in [-0.1, -0.05) is 31.9 Å². The molecule has 6 heteroatoms. The molecule has 1 fully saturated rings. The summed E-state index contributed by atoms with van der Waals surface area (Å²) in [6.45, 7) is 1.99. The Bertz CT molecular complexity index is 725. The van der Waals surface area contributed by atoms with Gasteiger partial charge in [0.15, 0.2) is 6.61 Å². The number of aryl methyl sites for hydroxylation is 1. The number of hydrogen-bond acceptors (Lipinski definition) is 5. The van der Waals surface area contributed by atoms with Gasteiger partial charge in [0.1, 0.15) is 0 Å². The number of nitrogens with zero attached hydrogens (tertiary/aromatic N) is 1. The van der Waals surface area contributed by atoms with Crippen molar-refractivity contribution in [1.82, 2.24) is 10.3 Å². The van der Waals surface area contributed by atoms with Gasteiger partial charge in [0, 0.05) is 12.5 Å². The summed E-state index contributed by atoms with van der Waals surface area (Å²) in [7, 11) is 0. The van der Waals surface area contributed by atoms with Crippen LogP contribution in [0, 0.1) is 5.92 Å². The summed E-state index contributed by atoms with van der Waals surface area (Å²) < 4.78 is 6.27. The molecule has 3 rings (SSSR count). The molecule has 0 spiro atoms. The molecule has 1 aliphatic rings. The van der Waals surface area contributed by atoms with Gasteiger partial charge in [-0.25, -0.2) is 4.98 Å². The Labute approximate surface area is 158 Å². The van der Waals surface area contributed by atoms with Crippen molar-refractivity contribution in [2.75, 3.05) is 6.61 Å². The van der Waals surface area contributed by atoms with Crippen molar-refractivity contribution in [3.05, 3.63) is 29.3 Å². The highest BCUT2D eigenvalue weighted by atomic mass is 32.1. The molecule has 0 bridgehead atoms. The molecule has 1 aromatic carbocycles. The lowest BCUT2D eigenvalue weighted by atomic mass is 9.86. The van der Waals surface area contributed by atoms with Gasteiger partial charge >= 0.3 is 5.97 Å². The summed E-state index contributed by atoms with van der Waals surface area (Å²) in [4.78, 5) is 28.4. The van der Waals surface area contributed by atoms with E-state index < -0.39 is 0 Å². The smallest absolute Gasteiger partial charge is 0.306 e. The van der Waals surface area contributed by atoms with E-state index in [9.17, 15) is 9.59 Å². The number of thiazole rings is 1. The number of carbonyl (C=O) groups is 2. The molecule has 0 aliphatic heterocycles. The predicted molar refractivity (Wildman–Crippen MR) is 103 cm³/mol. The molecular weight excluding hydrogens is 348 g/mol. The van der Waals surface area contributed by atoms with Crippen molar-refractivity contribution in [3.8, 4) is 0 Å². The van der Waals surface area contributed by atoms with Crippen LogP contribution in [0.25, 0.3) is 10.2 Å². The molecule has 1 N–H and O–H groups in total. The first-order valence-electron chi connectivity index (χ1n) is 9.41. The minimum atomic E-state index is -0.321. The summed E-state index contributed by atoms with van der Waals surface area (Å²) in [5, 5.41) is 4.03. The van der Waals surface area contributed by atoms with Crippen LogP contribution < -0.4 is 5.32 Å². The Balaban J connectivity index is 1.34. The third-order valence-electron chi connectivity index (χ3n) is 4.93. The normalized spacial score (nSPS) is 20.0. The third kappa shape index (κ3) is 5.27. The highest BCUT2D eigenvalue weighted by molar-refractivity contribution is 7.18. The van der Waals surface area contributed by atoms with Crippen LogP contribution in [0.1, 0.15) is 50.5 Å². The number of amides is 1. The third-order valence-corrected chi connectivity index (χ3v) is 6.03. The van der Waals surface area contributed by atoms with Crippen LogP contribution in [0.15, 0.2) is 24.3 Å². The van der Waals surface area contributed by atoms with Gasteiger partial charge < -0.3 is 10.1 Å². The van der Waals surface area contributed by atoms with Crippen molar-refractivity contribution in [2.24, 2.45) is 5.92 Å². The van der Waals surface area contributed by atoms with Crippen LogP contribution >= 0.6 is 11.3 Å². The van der Waals surface area contributed by atoms with Crippen molar-refractivity contribution >= 4 is 33.4 Å². The molecule has 1 aromatic heterocycles. The van der Waals surface area contributed by atoms with Gasteiger partial charge in [-0.15, -0.1) is 11.3 Å². The largest absolute Gasteiger partial charge is 0.456 e. The zero-order chi connectivity index (χ0) is 18.4. The van der Waals surface area contributed by atoms with Crippen molar-refractivity contribution in [2.45, 2.75) is 57.9 Å². The number of nitrogens with one attached hydrogen (secondary N) is 1. The lowest BCUT2D eigenvalue weighted by Gasteiger charge is -2.29. The van der Waals surface area contributed by atoms with Gasteiger partial charge in [0.05, 0.1) is 15.2 Å². The van der Waals surface area contributed by atoms with Gasteiger partial charge in [-0.3, -0.25) is 9.59 Å². The highest BCUT2D eigenvalue weighted by Gasteiger charge is 2.23. The highest BCUT2D eigenvalue weighted by Crippen LogP contribution is 2.24. The van der Waals surface area contributed by atoms with Crippen LogP contribution in [0.4, 0.5) is 0 Å². The second kappa shape index (κ2) is 9.12. The number of carbonyl (C=O) groups excluding carboxylic acids is 2.